The Morgan fingerprint density at radius 3 is 2.68 bits per heavy atom. The number of hydrogen-bond acceptors (Lipinski definition) is 7. The number of nitrogens with zero attached hydrogens (tertiary/aromatic N) is 6. The number of aromatic nitrogens is 6. The van der Waals surface area contributed by atoms with Gasteiger partial charge in [0.1, 0.15) is 12.1 Å². The number of aliphatic hydroxyl groups excluding tert-OH is 1. The summed E-state index contributed by atoms with van der Waals surface area (Å²) in [5, 5.41) is 34.2. The number of benzene rings is 2. The number of carbonyl (C=O) groups is 2. The van der Waals surface area contributed by atoms with Crippen LogP contribution in [0.2, 0.25) is 0 Å². The van der Waals surface area contributed by atoms with E-state index in [1.54, 1.807) is 6.33 Å². The number of aliphatic carboxylic acids is 1. The first kappa shape index (κ1) is 25.5. The van der Waals surface area contributed by atoms with Gasteiger partial charge in [0.25, 0.3) is 0 Å². The molecule has 2 aromatic heterocycles. The number of aromatic amines is 1. The number of hydrogen-bond donors (Lipinski definition) is 3. The maximum absolute atomic E-state index is 13.8. The van der Waals surface area contributed by atoms with E-state index in [4.69, 9.17) is 0 Å². The van der Waals surface area contributed by atoms with Crippen molar-refractivity contribution in [2.75, 3.05) is 6.54 Å². The summed E-state index contributed by atoms with van der Waals surface area (Å²) in [6.07, 6.45) is 5.35. The molecule has 2 unspecified atom stereocenters. The highest BCUT2D eigenvalue weighted by molar-refractivity contribution is 5.90. The van der Waals surface area contributed by atoms with E-state index in [0.29, 0.717) is 17.8 Å². The number of tetrazole rings is 1. The van der Waals surface area contributed by atoms with Crippen molar-refractivity contribution in [1.82, 2.24) is 35.1 Å². The molecule has 0 radical (unpaired) electrons. The fourth-order valence-corrected chi connectivity index (χ4v) is 5.28. The molecule has 38 heavy (non-hydrogen) atoms. The van der Waals surface area contributed by atoms with Crippen LogP contribution < -0.4 is 0 Å². The minimum absolute atomic E-state index is 0.0188. The second-order valence-corrected chi connectivity index (χ2v) is 9.74. The first-order valence-corrected chi connectivity index (χ1v) is 13.0. The van der Waals surface area contributed by atoms with E-state index in [0.717, 1.165) is 47.9 Å². The molecule has 3 N–H and O–H groups in total. The highest BCUT2D eigenvalue weighted by atomic mass is 16.4. The van der Waals surface area contributed by atoms with Crippen LogP contribution in [0.1, 0.15) is 51.5 Å². The summed E-state index contributed by atoms with van der Waals surface area (Å²) in [6, 6.07) is 12.0. The topological polar surface area (TPSA) is 150 Å². The van der Waals surface area contributed by atoms with Crippen LogP contribution in [-0.4, -0.2) is 75.9 Å². The Morgan fingerprint density at radius 2 is 1.95 bits per heavy atom. The summed E-state index contributed by atoms with van der Waals surface area (Å²) in [7, 11) is 0. The maximum Gasteiger partial charge on any atom is 0.326 e. The highest BCUT2D eigenvalue weighted by Crippen LogP contribution is 2.33. The van der Waals surface area contributed by atoms with E-state index in [1.807, 2.05) is 47.0 Å². The van der Waals surface area contributed by atoms with Gasteiger partial charge in [0.15, 0.2) is 0 Å². The molecular formula is C27H31N7O4. The number of rotatable bonds is 10. The second kappa shape index (κ2) is 11.1. The number of fused-ring (bicyclic) bond motifs is 1. The van der Waals surface area contributed by atoms with E-state index in [1.165, 1.54) is 4.90 Å². The lowest BCUT2D eigenvalue weighted by Crippen LogP contribution is -2.44. The van der Waals surface area contributed by atoms with Crippen LogP contribution in [0.25, 0.3) is 33.5 Å². The van der Waals surface area contributed by atoms with Gasteiger partial charge in [-0.1, -0.05) is 62.9 Å². The minimum atomic E-state index is -1.10. The summed E-state index contributed by atoms with van der Waals surface area (Å²) >= 11 is 0. The molecular weight excluding hydrogens is 486 g/mol. The van der Waals surface area contributed by atoms with E-state index in [2.05, 4.69) is 32.5 Å². The molecule has 3 atom stereocenters. The Kier molecular flexibility index (Phi) is 7.45. The summed E-state index contributed by atoms with van der Waals surface area (Å²) in [5.41, 5.74) is 4.17. The first-order valence-electron chi connectivity index (χ1n) is 13.0. The molecule has 0 aliphatic carbocycles. The third-order valence-corrected chi connectivity index (χ3v) is 7.20. The van der Waals surface area contributed by atoms with Crippen LogP contribution >= 0.6 is 0 Å². The fraction of sp³-hybridized carbons (Fsp3) is 0.407. The molecule has 1 fully saturated rings. The Hall–Kier alpha value is -4.12. The lowest BCUT2D eigenvalue weighted by molar-refractivity contribution is -0.149. The zero-order valence-electron chi connectivity index (χ0n) is 21.2. The molecule has 1 amide bonds. The van der Waals surface area contributed by atoms with Crippen molar-refractivity contribution in [2.24, 2.45) is 0 Å². The van der Waals surface area contributed by atoms with Gasteiger partial charge in [-0.15, -0.1) is 10.2 Å². The number of unbranched alkanes of at least 4 members (excludes halogenated alkanes) is 3. The summed E-state index contributed by atoms with van der Waals surface area (Å²) < 4.78 is 1.85. The van der Waals surface area contributed by atoms with Crippen molar-refractivity contribution in [3.05, 3.63) is 48.8 Å². The van der Waals surface area contributed by atoms with Crippen LogP contribution in [-0.2, 0) is 9.59 Å². The summed E-state index contributed by atoms with van der Waals surface area (Å²) in [4.78, 5) is 31.5. The monoisotopic (exact) mass is 517 g/mol. The Bertz CT molecular complexity index is 1420. The molecule has 1 saturated heterocycles. The first-order chi connectivity index (χ1) is 18.5. The van der Waals surface area contributed by atoms with Gasteiger partial charge in [-0.3, -0.25) is 4.79 Å². The molecule has 0 bridgehead atoms. The van der Waals surface area contributed by atoms with Gasteiger partial charge >= 0.3 is 5.97 Å². The third-order valence-electron chi connectivity index (χ3n) is 7.20. The number of H-pyrrole nitrogens is 1. The number of carboxylic acids is 1. The molecule has 11 heteroatoms. The number of aliphatic hydroxyl groups is 1. The highest BCUT2D eigenvalue weighted by Gasteiger charge is 2.41. The smallest absolute Gasteiger partial charge is 0.326 e. The lowest BCUT2D eigenvalue weighted by atomic mass is 9.98. The Labute approximate surface area is 219 Å². The maximum atomic E-state index is 13.8. The van der Waals surface area contributed by atoms with Crippen molar-refractivity contribution >= 4 is 22.9 Å². The lowest BCUT2D eigenvalue weighted by Gasteiger charge is -2.28. The van der Waals surface area contributed by atoms with Crippen molar-refractivity contribution in [3.63, 3.8) is 0 Å². The average molecular weight is 518 g/mol. The zero-order valence-corrected chi connectivity index (χ0v) is 21.2. The molecule has 5 rings (SSSR count). The quantitative estimate of drug-likeness (QED) is 0.271. The Morgan fingerprint density at radius 1 is 1.13 bits per heavy atom. The van der Waals surface area contributed by atoms with Crippen LogP contribution in [0.3, 0.4) is 0 Å². The van der Waals surface area contributed by atoms with Crippen LogP contribution in [0, 0.1) is 0 Å². The number of carbonyl (C=O) groups excluding carboxylic acids is 1. The van der Waals surface area contributed by atoms with E-state index in [-0.39, 0.29) is 18.9 Å². The molecule has 198 valence electrons. The van der Waals surface area contributed by atoms with Crippen molar-refractivity contribution < 1.29 is 19.8 Å². The summed E-state index contributed by atoms with van der Waals surface area (Å²) in [6.45, 7) is 2.15. The van der Waals surface area contributed by atoms with E-state index < -0.39 is 24.2 Å². The average Bonchev–Trinajstić information content (AvgIpc) is 3.68. The largest absolute Gasteiger partial charge is 0.480 e. The molecule has 11 nitrogen and oxygen atoms in total. The number of carboxylic acid groups (broad SMARTS) is 1. The summed E-state index contributed by atoms with van der Waals surface area (Å²) in [5.74, 6) is -0.902. The van der Waals surface area contributed by atoms with Gasteiger partial charge in [-0.25, -0.2) is 9.78 Å². The second-order valence-electron chi connectivity index (χ2n) is 9.74. The van der Waals surface area contributed by atoms with Crippen LogP contribution in [0.5, 0.6) is 0 Å². The van der Waals surface area contributed by atoms with Gasteiger partial charge in [0.2, 0.25) is 11.7 Å². The molecule has 1 aliphatic rings. The van der Waals surface area contributed by atoms with Crippen LogP contribution in [0.4, 0.5) is 0 Å². The number of β-amino-alcohol motifs (C(OH)–C–C–N with tert-alkyl or cyclic N) is 1. The fourth-order valence-electron chi connectivity index (χ4n) is 5.28. The van der Waals surface area contributed by atoms with Gasteiger partial charge in [-0.05, 0) is 34.9 Å². The molecule has 3 heterocycles. The third kappa shape index (κ3) is 5.01. The molecule has 2 aromatic carbocycles. The molecule has 0 saturated carbocycles. The van der Waals surface area contributed by atoms with Crippen molar-refractivity contribution in [1.29, 1.82) is 0 Å². The van der Waals surface area contributed by atoms with Gasteiger partial charge in [-0.2, -0.15) is 5.21 Å². The van der Waals surface area contributed by atoms with Crippen molar-refractivity contribution in [2.45, 2.75) is 63.6 Å². The minimum Gasteiger partial charge on any atom is -0.480 e. The SMILES string of the molecule is CCCCCCC(C(=O)N1CC(O)C[C@H]1C(=O)O)n1cnc2cc(-c3ccccc3-c3nn[nH]n3)ccc21. The number of likely N-dealkylation sites (tertiary alicyclic amines) is 1. The molecule has 0 spiro atoms. The molecule has 1 aliphatic heterocycles. The van der Waals surface area contributed by atoms with Crippen LogP contribution in [0.15, 0.2) is 48.8 Å². The van der Waals surface area contributed by atoms with Gasteiger partial charge < -0.3 is 19.7 Å². The van der Waals surface area contributed by atoms with Gasteiger partial charge in [0.05, 0.1) is 23.5 Å². The molecule has 4 aromatic rings. The van der Waals surface area contributed by atoms with E-state index >= 15 is 0 Å². The Balaban J connectivity index is 1.49. The number of amides is 1. The van der Waals surface area contributed by atoms with E-state index in [9.17, 15) is 19.8 Å². The number of imidazole rings is 1. The predicted molar refractivity (Wildman–Crippen MR) is 140 cm³/mol. The van der Waals surface area contributed by atoms with Crippen molar-refractivity contribution in [3.8, 4) is 22.5 Å². The normalized spacial score (nSPS) is 18.2. The number of nitrogens with one attached hydrogen (secondary N) is 1. The van der Waals surface area contributed by atoms with Gasteiger partial charge in [0, 0.05) is 18.5 Å². The predicted octanol–water partition coefficient (Wildman–Crippen LogP) is 3.44. The standard InChI is InChI=1S/C27H31N7O4/c1-2-3-4-5-10-23(26(36)33-15-18(35)14-24(33)27(37)38)34-16-28-21-13-17(11-12-22(21)34)19-8-6-7-9-20(19)25-29-31-32-30-25/h6-9,11-13,16,18,23-24,35H,2-5,10,14-15H2,1H3,(H,37,38)(H,29,30,31,32)/t18?,23?,24-/m0/s1. The zero-order chi connectivity index (χ0) is 26.6.